The van der Waals surface area contributed by atoms with Crippen LogP contribution in [0.2, 0.25) is 0 Å². The first kappa shape index (κ1) is 16.5. The number of likely N-dealkylation sites (tertiary alicyclic amines) is 1. The zero-order chi connectivity index (χ0) is 16.2. The lowest BCUT2D eigenvalue weighted by molar-refractivity contribution is -0.127. The maximum absolute atomic E-state index is 11.8. The summed E-state index contributed by atoms with van der Waals surface area (Å²) in [7, 11) is -2.43. The Morgan fingerprint density at radius 3 is 2.82 bits per heavy atom. The Bertz CT molecular complexity index is 652. The van der Waals surface area contributed by atoms with Gasteiger partial charge in [0, 0.05) is 26.1 Å². The summed E-state index contributed by atoms with van der Waals surface area (Å²) in [6.45, 7) is 1.77. The SMILES string of the molecule is CNS(=O)(=O)c1ccc(C(=O)NCCCN2CCCC2=O)o1. The van der Waals surface area contributed by atoms with Crippen LogP contribution < -0.4 is 10.0 Å². The third kappa shape index (κ3) is 3.86. The van der Waals surface area contributed by atoms with Crippen molar-refractivity contribution in [3.63, 3.8) is 0 Å². The first-order valence-corrected chi connectivity index (χ1v) is 8.52. The summed E-state index contributed by atoms with van der Waals surface area (Å²) in [5, 5.41) is 2.33. The number of hydrogen-bond donors (Lipinski definition) is 2. The molecule has 1 aliphatic rings. The Morgan fingerprint density at radius 1 is 1.41 bits per heavy atom. The van der Waals surface area contributed by atoms with Crippen LogP contribution in [0.3, 0.4) is 0 Å². The van der Waals surface area contributed by atoms with Gasteiger partial charge in [-0.05, 0) is 32.0 Å². The van der Waals surface area contributed by atoms with Gasteiger partial charge in [0.05, 0.1) is 0 Å². The number of nitrogens with zero attached hydrogens (tertiary/aromatic N) is 1. The van der Waals surface area contributed by atoms with Crippen LogP contribution in [0, 0.1) is 0 Å². The van der Waals surface area contributed by atoms with E-state index in [-0.39, 0.29) is 16.8 Å². The number of rotatable bonds is 7. The smallest absolute Gasteiger partial charge is 0.287 e. The first-order valence-electron chi connectivity index (χ1n) is 7.03. The van der Waals surface area contributed by atoms with E-state index in [0.29, 0.717) is 25.9 Å². The van der Waals surface area contributed by atoms with Crippen LogP contribution >= 0.6 is 0 Å². The monoisotopic (exact) mass is 329 g/mol. The minimum Gasteiger partial charge on any atom is -0.438 e. The van der Waals surface area contributed by atoms with Crippen molar-refractivity contribution in [1.82, 2.24) is 14.9 Å². The van der Waals surface area contributed by atoms with Crippen LogP contribution in [0.1, 0.15) is 29.8 Å². The number of hydrogen-bond acceptors (Lipinski definition) is 5. The average Bonchev–Trinajstić information content (AvgIpc) is 3.13. The standard InChI is InChI=1S/C13H19N3O5S/c1-14-22(19,20)12-6-5-10(21-12)13(18)15-7-3-9-16-8-2-4-11(16)17/h5-6,14H,2-4,7-9H2,1H3,(H,15,18). The molecule has 9 heteroatoms. The normalized spacial score (nSPS) is 15.3. The van der Waals surface area contributed by atoms with Gasteiger partial charge >= 0.3 is 0 Å². The molecule has 8 nitrogen and oxygen atoms in total. The van der Waals surface area contributed by atoms with E-state index in [1.165, 1.54) is 19.2 Å². The second-order valence-corrected chi connectivity index (χ2v) is 6.74. The lowest BCUT2D eigenvalue weighted by Gasteiger charge is -2.14. The Hall–Kier alpha value is -1.87. The second-order valence-electron chi connectivity index (χ2n) is 4.92. The van der Waals surface area contributed by atoms with E-state index in [9.17, 15) is 18.0 Å². The Morgan fingerprint density at radius 2 is 2.18 bits per heavy atom. The molecule has 0 aliphatic carbocycles. The Kier molecular flexibility index (Phi) is 5.19. The van der Waals surface area contributed by atoms with Gasteiger partial charge in [-0.25, -0.2) is 13.1 Å². The molecule has 2 amide bonds. The molecule has 0 bridgehead atoms. The van der Waals surface area contributed by atoms with Gasteiger partial charge in [-0.1, -0.05) is 0 Å². The molecule has 1 fully saturated rings. The van der Waals surface area contributed by atoms with Crippen molar-refractivity contribution in [2.24, 2.45) is 0 Å². The molecule has 0 atom stereocenters. The molecule has 0 saturated carbocycles. The number of carbonyl (C=O) groups excluding carboxylic acids is 2. The summed E-state index contributed by atoms with van der Waals surface area (Å²) in [6.07, 6.45) is 2.13. The Labute approximate surface area is 128 Å². The van der Waals surface area contributed by atoms with Gasteiger partial charge in [0.25, 0.3) is 15.9 Å². The molecule has 0 radical (unpaired) electrons. The summed E-state index contributed by atoms with van der Waals surface area (Å²) in [4.78, 5) is 25.0. The highest BCUT2D eigenvalue weighted by atomic mass is 32.2. The van der Waals surface area contributed by atoms with Crippen LogP contribution in [0.5, 0.6) is 0 Å². The third-order valence-electron chi connectivity index (χ3n) is 3.40. The van der Waals surface area contributed by atoms with Crippen LogP contribution in [-0.2, 0) is 14.8 Å². The second kappa shape index (κ2) is 6.93. The van der Waals surface area contributed by atoms with Gasteiger partial charge < -0.3 is 14.6 Å². The molecule has 0 aromatic carbocycles. The number of furan rings is 1. The van der Waals surface area contributed by atoms with Crippen LogP contribution in [0.15, 0.2) is 21.6 Å². The molecule has 2 heterocycles. The highest BCUT2D eigenvalue weighted by Gasteiger charge is 2.20. The van der Waals surface area contributed by atoms with Crippen LogP contribution in [-0.4, -0.2) is 51.8 Å². The molecule has 0 spiro atoms. The van der Waals surface area contributed by atoms with Gasteiger partial charge in [0.1, 0.15) is 0 Å². The average molecular weight is 329 g/mol. The fourth-order valence-corrected chi connectivity index (χ4v) is 2.83. The van der Waals surface area contributed by atoms with Gasteiger partial charge in [-0.3, -0.25) is 9.59 Å². The van der Waals surface area contributed by atoms with Crippen molar-refractivity contribution in [3.8, 4) is 0 Å². The van der Waals surface area contributed by atoms with Crippen LogP contribution in [0.4, 0.5) is 0 Å². The maximum Gasteiger partial charge on any atom is 0.287 e. The van der Waals surface area contributed by atoms with Gasteiger partial charge in [0.15, 0.2) is 5.76 Å². The highest BCUT2D eigenvalue weighted by Crippen LogP contribution is 2.13. The number of nitrogens with one attached hydrogen (secondary N) is 2. The third-order valence-corrected chi connectivity index (χ3v) is 4.69. The highest BCUT2D eigenvalue weighted by molar-refractivity contribution is 7.89. The van der Waals surface area contributed by atoms with Crippen molar-refractivity contribution in [1.29, 1.82) is 0 Å². The lowest BCUT2D eigenvalue weighted by Crippen LogP contribution is -2.30. The number of carbonyl (C=O) groups is 2. The summed E-state index contributed by atoms with van der Waals surface area (Å²) < 4.78 is 30.1. The first-order chi connectivity index (χ1) is 10.4. The minimum absolute atomic E-state index is 0.0638. The zero-order valence-corrected chi connectivity index (χ0v) is 13.1. The number of amides is 2. The molecule has 1 aliphatic heterocycles. The minimum atomic E-state index is -3.69. The zero-order valence-electron chi connectivity index (χ0n) is 12.3. The summed E-state index contributed by atoms with van der Waals surface area (Å²) in [6, 6.07) is 2.53. The van der Waals surface area contributed by atoms with E-state index < -0.39 is 15.9 Å². The van der Waals surface area contributed by atoms with Crippen molar-refractivity contribution in [3.05, 3.63) is 17.9 Å². The molecule has 1 aromatic heterocycles. The molecule has 2 rings (SSSR count). The van der Waals surface area contributed by atoms with Crippen molar-refractivity contribution < 1.29 is 22.4 Å². The number of sulfonamides is 1. The van der Waals surface area contributed by atoms with Gasteiger partial charge in [-0.2, -0.15) is 0 Å². The fourth-order valence-electron chi connectivity index (χ4n) is 2.19. The quantitative estimate of drug-likeness (QED) is 0.681. The molecule has 2 N–H and O–H groups in total. The van der Waals surface area contributed by atoms with E-state index in [1.807, 2.05) is 0 Å². The summed E-state index contributed by atoms with van der Waals surface area (Å²) >= 11 is 0. The fraction of sp³-hybridized carbons (Fsp3) is 0.538. The van der Waals surface area contributed by atoms with Gasteiger partial charge in [0.2, 0.25) is 11.0 Å². The molecule has 1 aromatic rings. The predicted octanol–water partition coefficient (Wildman–Crippen LogP) is -0.0700. The molecule has 1 saturated heterocycles. The molecule has 0 unspecified atom stereocenters. The van der Waals surface area contributed by atoms with E-state index in [1.54, 1.807) is 4.90 Å². The van der Waals surface area contributed by atoms with E-state index in [4.69, 9.17) is 4.42 Å². The van der Waals surface area contributed by atoms with Crippen molar-refractivity contribution in [2.45, 2.75) is 24.4 Å². The van der Waals surface area contributed by atoms with Gasteiger partial charge in [-0.15, -0.1) is 0 Å². The maximum atomic E-state index is 11.8. The summed E-state index contributed by atoms with van der Waals surface area (Å²) in [5.74, 6) is -0.393. The predicted molar refractivity (Wildman–Crippen MR) is 77.7 cm³/mol. The van der Waals surface area contributed by atoms with E-state index >= 15 is 0 Å². The topological polar surface area (TPSA) is 109 Å². The van der Waals surface area contributed by atoms with E-state index in [2.05, 4.69) is 10.0 Å². The van der Waals surface area contributed by atoms with Crippen molar-refractivity contribution >= 4 is 21.8 Å². The molecular weight excluding hydrogens is 310 g/mol. The molecular formula is C13H19N3O5S. The molecule has 22 heavy (non-hydrogen) atoms. The molecule has 122 valence electrons. The summed E-state index contributed by atoms with van der Waals surface area (Å²) in [5.41, 5.74) is 0. The van der Waals surface area contributed by atoms with Crippen molar-refractivity contribution in [2.75, 3.05) is 26.7 Å². The van der Waals surface area contributed by atoms with E-state index in [0.717, 1.165) is 13.0 Å². The van der Waals surface area contributed by atoms with Crippen LogP contribution in [0.25, 0.3) is 0 Å². The Balaban J connectivity index is 1.79. The largest absolute Gasteiger partial charge is 0.438 e. The lowest BCUT2D eigenvalue weighted by atomic mass is 10.3.